The first kappa shape index (κ1) is 12.8. The summed E-state index contributed by atoms with van der Waals surface area (Å²) in [6.07, 6.45) is 7.65. The van der Waals surface area contributed by atoms with E-state index < -0.39 is 0 Å². The zero-order valence-corrected chi connectivity index (χ0v) is 12.5. The molecule has 0 radical (unpaired) electrons. The number of aromatic nitrogens is 3. The quantitative estimate of drug-likeness (QED) is 0.933. The van der Waals surface area contributed by atoms with Gasteiger partial charge in [0.25, 0.3) is 0 Å². The Balaban J connectivity index is 1.68. The van der Waals surface area contributed by atoms with Crippen molar-refractivity contribution < 1.29 is 0 Å². The van der Waals surface area contributed by atoms with E-state index in [1.165, 1.54) is 34.0 Å². The van der Waals surface area contributed by atoms with Crippen LogP contribution in [0.15, 0.2) is 12.4 Å². The molecule has 0 spiro atoms. The van der Waals surface area contributed by atoms with Crippen LogP contribution in [-0.4, -0.2) is 14.8 Å². The summed E-state index contributed by atoms with van der Waals surface area (Å²) in [7, 11) is 1.95. The molecule has 1 aliphatic carbocycles. The van der Waals surface area contributed by atoms with Crippen molar-refractivity contribution in [2.45, 2.75) is 45.2 Å². The fraction of sp³-hybridized carbons (Fsp3) is 0.571. The van der Waals surface area contributed by atoms with Crippen molar-refractivity contribution in [2.24, 2.45) is 7.05 Å². The highest BCUT2D eigenvalue weighted by molar-refractivity contribution is 7.11. The number of hydrogen-bond acceptors (Lipinski definition) is 4. The summed E-state index contributed by atoms with van der Waals surface area (Å²) < 4.78 is 1.84. The Morgan fingerprint density at radius 2 is 2.16 bits per heavy atom. The van der Waals surface area contributed by atoms with Crippen molar-refractivity contribution in [1.29, 1.82) is 0 Å². The lowest BCUT2D eigenvalue weighted by Crippen LogP contribution is -2.22. The largest absolute Gasteiger partial charge is 0.301 e. The molecule has 102 valence electrons. The molecule has 2 atom stereocenters. The summed E-state index contributed by atoms with van der Waals surface area (Å²) in [5.74, 6) is 0. The van der Waals surface area contributed by atoms with Gasteiger partial charge in [0.1, 0.15) is 5.01 Å². The van der Waals surface area contributed by atoms with Gasteiger partial charge in [0, 0.05) is 29.7 Å². The van der Waals surface area contributed by atoms with E-state index in [9.17, 15) is 0 Å². The third-order valence-corrected chi connectivity index (χ3v) is 5.05. The van der Waals surface area contributed by atoms with E-state index >= 15 is 0 Å². The number of nitrogens with one attached hydrogen (secondary N) is 1. The Morgan fingerprint density at radius 3 is 2.84 bits per heavy atom. The standard InChI is InChI=1S/C14H20N4S/c1-9(11-7-15-18(3)8-11)16-10(2)14-17-12-5-4-6-13(12)19-14/h7-10,16H,4-6H2,1-3H3/t9-,10-/m1/s1. The van der Waals surface area contributed by atoms with Crippen LogP contribution in [0.3, 0.4) is 0 Å². The molecule has 3 rings (SSSR count). The molecule has 0 saturated heterocycles. The smallest absolute Gasteiger partial charge is 0.110 e. The molecule has 4 nitrogen and oxygen atoms in total. The minimum atomic E-state index is 0.294. The first-order chi connectivity index (χ1) is 9.13. The van der Waals surface area contributed by atoms with Crippen LogP contribution in [-0.2, 0) is 19.9 Å². The van der Waals surface area contributed by atoms with Crippen molar-refractivity contribution in [1.82, 2.24) is 20.1 Å². The minimum absolute atomic E-state index is 0.294. The average molecular weight is 276 g/mol. The topological polar surface area (TPSA) is 42.7 Å². The van der Waals surface area contributed by atoms with Crippen LogP contribution in [0.4, 0.5) is 0 Å². The summed E-state index contributed by atoms with van der Waals surface area (Å²) in [6.45, 7) is 4.37. The van der Waals surface area contributed by atoms with E-state index in [0.717, 1.165) is 6.42 Å². The molecule has 0 unspecified atom stereocenters. The SMILES string of the molecule is C[C@@H](N[C@H](C)c1nc2c(s1)CCC2)c1cnn(C)c1. The Labute approximate surface area is 117 Å². The van der Waals surface area contributed by atoms with E-state index in [1.54, 1.807) is 0 Å². The van der Waals surface area contributed by atoms with Gasteiger partial charge in [-0.1, -0.05) is 0 Å². The maximum atomic E-state index is 4.78. The van der Waals surface area contributed by atoms with Crippen molar-refractivity contribution in [3.8, 4) is 0 Å². The monoisotopic (exact) mass is 276 g/mol. The van der Waals surface area contributed by atoms with Crippen LogP contribution in [0.25, 0.3) is 0 Å². The van der Waals surface area contributed by atoms with E-state index in [0.29, 0.717) is 12.1 Å². The van der Waals surface area contributed by atoms with Crippen molar-refractivity contribution in [2.75, 3.05) is 0 Å². The molecule has 0 aliphatic heterocycles. The molecule has 2 aromatic rings. The normalized spacial score (nSPS) is 17.4. The molecule has 0 fully saturated rings. The molecule has 1 N–H and O–H groups in total. The van der Waals surface area contributed by atoms with E-state index in [1.807, 2.05) is 29.3 Å². The predicted molar refractivity (Wildman–Crippen MR) is 77.3 cm³/mol. The second-order valence-corrected chi connectivity index (χ2v) is 6.45. The van der Waals surface area contributed by atoms with Crippen LogP contribution < -0.4 is 5.32 Å². The molecule has 0 bridgehead atoms. The fourth-order valence-corrected chi connectivity index (χ4v) is 3.77. The summed E-state index contributed by atoms with van der Waals surface area (Å²) in [5.41, 5.74) is 2.56. The molecule has 19 heavy (non-hydrogen) atoms. The van der Waals surface area contributed by atoms with Gasteiger partial charge in [0.15, 0.2) is 0 Å². The molecule has 2 aromatic heterocycles. The second kappa shape index (κ2) is 5.06. The van der Waals surface area contributed by atoms with Crippen LogP contribution in [0.2, 0.25) is 0 Å². The zero-order valence-electron chi connectivity index (χ0n) is 11.7. The van der Waals surface area contributed by atoms with Crippen molar-refractivity contribution in [3.05, 3.63) is 33.5 Å². The Kier molecular flexibility index (Phi) is 3.41. The van der Waals surface area contributed by atoms with Crippen LogP contribution in [0, 0.1) is 0 Å². The maximum absolute atomic E-state index is 4.78. The van der Waals surface area contributed by atoms with Crippen LogP contribution in [0.5, 0.6) is 0 Å². The number of fused-ring (bicyclic) bond motifs is 1. The van der Waals surface area contributed by atoms with Gasteiger partial charge in [-0.05, 0) is 33.1 Å². The van der Waals surface area contributed by atoms with E-state index in [2.05, 4.69) is 30.5 Å². The van der Waals surface area contributed by atoms with Gasteiger partial charge in [-0.15, -0.1) is 11.3 Å². The lowest BCUT2D eigenvalue weighted by Gasteiger charge is -2.17. The van der Waals surface area contributed by atoms with Crippen LogP contribution >= 0.6 is 11.3 Å². The lowest BCUT2D eigenvalue weighted by molar-refractivity contribution is 0.492. The number of thiazole rings is 1. The first-order valence-corrected chi connectivity index (χ1v) is 7.68. The molecule has 5 heteroatoms. The van der Waals surface area contributed by atoms with Gasteiger partial charge in [-0.3, -0.25) is 4.68 Å². The van der Waals surface area contributed by atoms with Gasteiger partial charge < -0.3 is 5.32 Å². The van der Waals surface area contributed by atoms with Crippen molar-refractivity contribution >= 4 is 11.3 Å². The molecule has 0 saturated carbocycles. The Morgan fingerprint density at radius 1 is 1.32 bits per heavy atom. The van der Waals surface area contributed by atoms with E-state index in [4.69, 9.17) is 4.98 Å². The predicted octanol–water partition coefficient (Wildman–Crippen LogP) is 2.78. The summed E-state index contributed by atoms with van der Waals surface area (Å²) in [4.78, 5) is 6.28. The maximum Gasteiger partial charge on any atom is 0.110 e. The van der Waals surface area contributed by atoms with Crippen molar-refractivity contribution in [3.63, 3.8) is 0 Å². The van der Waals surface area contributed by atoms with Gasteiger partial charge in [0.2, 0.25) is 0 Å². The summed E-state index contributed by atoms with van der Waals surface area (Å²) >= 11 is 1.88. The van der Waals surface area contributed by atoms with Gasteiger partial charge in [-0.2, -0.15) is 5.10 Å². The minimum Gasteiger partial charge on any atom is -0.301 e. The summed E-state index contributed by atoms with van der Waals surface area (Å²) in [5, 5.41) is 9.05. The third-order valence-electron chi connectivity index (χ3n) is 3.71. The Hall–Kier alpha value is -1.20. The zero-order chi connectivity index (χ0) is 13.4. The number of aryl methyl sites for hydroxylation is 3. The molecule has 0 amide bonds. The average Bonchev–Trinajstić information content (AvgIpc) is 3.02. The van der Waals surface area contributed by atoms with Gasteiger partial charge in [0.05, 0.1) is 17.9 Å². The highest BCUT2D eigenvalue weighted by atomic mass is 32.1. The lowest BCUT2D eigenvalue weighted by atomic mass is 10.1. The summed E-state index contributed by atoms with van der Waals surface area (Å²) in [6, 6.07) is 0.591. The Bertz CT molecular complexity index is 550. The molecular formula is C14H20N4S. The number of rotatable bonds is 4. The number of nitrogens with zero attached hydrogens (tertiary/aromatic N) is 3. The van der Waals surface area contributed by atoms with Gasteiger partial charge in [-0.25, -0.2) is 4.98 Å². The third kappa shape index (κ3) is 2.58. The molecular weight excluding hydrogens is 256 g/mol. The second-order valence-electron chi connectivity index (χ2n) is 5.33. The number of hydrogen-bond donors (Lipinski definition) is 1. The molecule has 0 aromatic carbocycles. The van der Waals surface area contributed by atoms with Gasteiger partial charge >= 0.3 is 0 Å². The van der Waals surface area contributed by atoms with E-state index in [-0.39, 0.29) is 0 Å². The fourth-order valence-electron chi connectivity index (χ4n) is 2.60. The highest BCUT2D eigenvalue weighted by Crippen LogP contribution is 2.31. The van der Waals surface area contributed by atoms with Crippen LogP contribution in [0.1, 0.15) is 53.5 Å². The molecule has 1 aliphatic rings. The molecule has 2 heterocycles. The first-order valence-electron chi connectivity index (χ1n) is 6.86. The highest BCUT2D eigenvalue weighted by Gasteiger charge is 2.21.